The molecular formula is C9H13N5O. The molecule has 0 saturated carbocycles. The summed E-state index contributed by atoms with van der Waals surface area (Å²) < 4.78 is 6.84. The summed E-state index contributed by atoms with van der Waals surface area (Å²) >= 11 is 0. The molecule has 0 unspecified atom stereocenters. The zero-order valence-corrected chi connectivity index (χ0v) is 8.77. The molecule has 0 aromatic carbocycles. The number of aromatic nitrogens is 4. The van der Waals surface area contributed by atoms with Crippen LogP contribution in [0.1, 0.15) is 18.4 Å². The van der Waals surface area contributed by atoms with Gasteiger partial charge in [0.2, 0.25) is 0 Å². The summed E-state index contributed by atoms with van der Waals surface area (Å²) in [7, 11) is 1.86. The van der Waals surface area contributed by atoms with Gasteiger partial charge in [0.25, 0.3) is 5.89 Å². The van der Waals surface area contributed by atoms with Gasteiger partial charge in [-0.15, -0.1) is 0 Å². The quantitative estimate of drug-likeness (QED) is 0.792. The highest BCUT2D eigenvalue weighted by Crippen LogP contribution is 2.20. The lowest BCUT2D eigenvalue weighted by Crippen LogP contribution is -1.97. The molecule has 0 aliphatic carbocycles. The molecule has 0 saturated heterocycles. The third-order valence-corrected chi connectivity index (χ3v) is 2.12. The summed E-state index contributed by atoms with van der Waals surface area (Å²) in [5, 5.41) is 8.05. The van der Waals surface area contributed by atoms with Crippen molar-refractivity contribution >= 4 is 0 Å². The molecule has 2 N–H and O–H groups in total. The molecule has 0 fully saturated rings. The van der Waals surface area contributed by atoms with Gasteiger partial charge in [-0.25, -0.2) is 0 Å². The van der Waals surface area contributed by atoms with E-state index in [0.717, 1.165) is 17.7 Å². The molecule has 80 valence electrons. The van der Waals surface area contributed by atoms with Crippen LogP contribution in [0.25, 0.3) is 11.5 Å². The van der Waals surface area contributed by atoms with E-state index in [9.17, 15) is 0 Å². The summed E-state index contributed by atoms with van der Waals surface area (Å²) in [6.07, 6.45) is 2.70. The van der Waals surface area contributed by atoms with Crippen molar-refractivity contribution in [3.05, 3.63) is 17.7 Å². The topological polar surface area (TPSA) is 82.8 Å². The van der Waals surface area contributed by atoms with Crippen LogP contribution in [0.15, 0.2) is 10.7 Å². The van der Waals surface area contributed by atoms with Gasteiger partial charge in [0.1, 0.15) is 0 Å². The highest BCUT2D eigenvalue weighted by molar-refractivity contribution is 5.55. The fraction of sp³-hybridized carbons (Fsp3) is 0.444. The maximum absolute atomic E-state index is 5.41. The summed E-state index contributed by atoms with van der Waals surface area (Å²) in [6.45, 7) is 2.32. The maximum Gasteiger partial charge on any atom is 0.261 e. The van der Waals surface area contributed by atoms with Crippen LogP contribution < -0.4 is 5.73 Å². The highest BCUT2D eigenvalue weighted by Gasteiger charge is 2.14. The second-order valence-corrected chi connectivity index (χ2v) is 3.24. The average molecular weight is 207 g/mol. The van der Waals surface area contributed by atoms with E-state index in [1.807, 2.05) is 20.2 Å². The molecule has 6 nitrogen and oxygen atoms in total. The third kappa shape index (κ3) is 1.75. The van der Waals surface area contributed by atoms with E-state index in [4.69, 9.17) is 10.3 Å². The smallest absolute Gasteiger partial charge is 0.261 e. The summed E-state index contributed by atoms with van der Waals surface area (Å²) in [5.74, 6) is 0.997. The SMILES string of the molecule is CCc1nn(C)cc1-c1nc(CN)no1. The van der Waals surface area contributed by atoms with E-state index in [1.54, 1.807) is 4.68 Å². The van der Waals surface area contributed by atoms with Crippen molar-refractivity contribution in [1.82, 2.24) is 19.9 Å². The molecule has 2 aromatic rings. The number of rotatable bonds is 3. The Morgan fingerprint density at radius 2 is 2.33 bits per heavy atom. The van der Waals surface area contributed by atoms with Crippen LogP contribution in [-0.4, -0.2) is 19.9 Å². The largest absolute Gasteiger partial charge is 0.334 e. The predicted molar refractivity (Wildman–Crippen MR) is 53.8 cm³/mol. The van der Waals surface area contributed by atoms with Gasteiger partial charge in [0, 0.05) is 13.2 Å². The first-order chi connectivity index (χ1) is 7.24. The van der Waals surface area contributed by atoms with Crippen molar-refractivity contribution in [2.24, 2.45) is 12.8 Å². The van der Waals surface area contributed by atoms with Gasteiger partial charge in [-0.2, -0.15) is 10.1 Å². The molecule has 0 bridgehead atoms. The van der Waals surface area contributed by atoms with Crippen molar-refractivity contribution in [2.75, 3.05) is 0 Å². The van der Waals surface area contributed by atoms with E-state index in [0.29, 0.717) is 11.7 Å². The van der Waals surface area contributed by atoms with Crippen LogP contribution in [-0.2, 0) is 20.0 Å². The Bertz CT molecular complexity index is 459. The molecule has 0 radical (unpaired) electrons. The molecule has 2 rings (SSSR count). The molecule has 0 amide bonds. The van der Waals surface area contributed by atoms with Crippen LogP contribution >= 0.6 is 0 Å². The minimum absolute atomic E-state index is 0.283. The van der Waals surface area contributed by atoms with E-state index in [1.165, 1.54) is 0 Å². The monoisotopic (exact) mass is 207 g/mol. The lowest BCUT2D eigenvalue weighted by molar-refractivity contribution is 0.422. The Morgan fingerprint density at radius 1 is 1.53 bits per heavy atom. The number of nitrogens with two attached hydrogens (primary N) is 1. The van der Waals surface area contributed by atoms with Crippen LogP contribution in [0.3, 0.4) is 0 Å². The standard InChI is InChI=1S/C9H13N5O/c1-3-7-6(5-14(2)12-7)9-11-8(4-10)13-15-9/h5H,3-4,10H2,1-2H3. The predicted octanol–water partition coefficient (Wildman–Crippen LogP) is 0.491. The molecule has 0 spiro atoms. The fourth-order valence-electron chi connectivity index (χ4n) is 1.42. The Balaban J connectivity index is 2.43. The van der Waals surface area contributed by atoms with E-state index < -0.39 is 0 Å². The first-order valence-electron chi connectivity index (χ1n) is 4.80. The summed E-state index contributed by atoms with van der Waals surface area (Å²) in [6, 6.07) is 0. The highest BCUT2D eigenvalue weighted by atomic mass is 16.5. The van der Waals surface area contributed by atoms with Crippen LogP contribution in [0.5, 0.6) is 0 Å². The molecule has 0 atom stereocenters. The lowest BCUT2D eigenvalue weighted by atomic mass is 10.2. The van der Waals surface area contributed by atoms with Crippen molar-refractivity contribution in [3.63, 3.8) is 0 Å². The van der Waals surface area contributed by atoms with Gasteiger partial charge < -0.3 is 10.3 Å². The van der Waals surface area contributed by atoms with Crippen molar-refractivity contribution in [1.29, 1.82) is 0 Å². The van der Waals surface area contributed by atoms with Crippen LogP contribution in [0.2, 0.25) is 0 Å². The second kappa shape index (κ2) is 3.82. The molecule has 0 aliphatic rings. The van der Waals surface area contributed by atoms with E-state index >= 15 is 0 Å². The van der Waals surface area contributed by atoms with Gasteiger partial charge in [0.15, 0.2) is 5.82 Å². The average Bonchev–Trinajstić information content (AvgIpc) is 2.82. The van der Waals surface area contributed by atoms with Crippen LogP contribution in [0.4, 0.5) is 0 Å². The molecule has 0 aliphatic heterocycles. The zero-order valence-electron chi connectivity index (χ0n) is 8.77. The van der Waals surface area contributed by atoms with Crippen molar-refractivity contribution in [3.8, 4) is 11.5 Å². The Morgan fingerprint density at radius 3 is 2.93 bits per heavy atom. The number of nitrogens with zero attached hydrogens (tertiary/aromatic N) is 4. The fourth-order valence-corrected chi connectivity index (χ4v) is 1.42. The van der Waals surface area contributed by atoms with Gasteiger partial charge in [0.05, 0.1) is 17.8 Å². The van der Waals surface area contributed by atoms with Gasteiger partial charge in [-0.3, -0.25) is 4.68 Å². The minimum Gasteiger partial charge on any atom is -0.334 e. The normalized spacial score (nSPS) is 10.9. The Labute approximate surface area is 87.1 Å². The molecule has 15 heavy (non-hydrogen) atoms. The Hall–Kier alpha value is -1.69. The van der Waals surface area contributed by atoms with E-state index in [-0.39, 0.29) is 6.54 Å². The van der Waals surface area contributed by atoms with Gasteiger partial charge in [-0.05, 0) is 6.42 Å². The minimum atomic E-state index is 0.283. The van der Waals surface area contributed by atoms with E-state index in [2.05, 4.69) is 15.2 Å². The Kier molecular flexibility index (Phi) is 2.51. The second-order valence-electron chi connectivity index (χ2n) is 3.24. The maximum atomic E-state index is 5.41. The van der Waals surface area contributed by atoms with Gasteiger partial charge in [-0.1, -0.05) is 12.1 Å². The zero-order chi connectivity index (χ0) is 10.8. The lowest BCUT2D eigenvalue weighted by Gasteiger charge is -1.90. The molecule has 2 heterocycles. The van der Waals surface area contributed by atoms with Gasteiger partial charge >= 0.3 is 0 Å². The number of aryl methyl sites for hydroxylation is 2. The third-order valence-electron chi connectivity index (χ3n) is 2.12. The number of hydrogen-bond acceptors (Lipinski definition) is 5. The summed E-state index contributed by atoms with van der Waals surface area (Å²) in [4.78, 5) is 4.16. The first kappa shape index (κ1) is 9.85. The number of hydrogen-bond donors (Lipinski definition) is 1. The summed E-state index contributed by atoms with van der Waals surface area (Å²) in [5.41, 5.74) is 7.24. The molecule has 2 aromatic heterocycles. The molecular weight excluding hydrogens is 194 g/mol. The van der Waals surface area contributed by atoms with Crippen LogP contribution in [0, 0.1) is 0 Å². The van der Waals surface area contributed by atoms with Crippen molar-refractivity contribution < 1.29 is 4.52 Å². The first-order valence-corrected chi connectivity index (χ1v) is 4.80. The molecule has 6 heteroatoms. The van der Waals surface area contributed by atoms with Crippen molar-refractivity contribution in [2.45, 2.75) is 19.9 Å².